The van der Waals surface area contributed by atoms with Gasteiger partial charge >= 0.3 is 0 Å². The van der Waals surface area contributed by atoms with Gasteiger partial charge in [0.15, 0.2) is 11.5 Å². The predicted molar refractivity (Wildman–Crippen MR) is 58.9 cm³/mol. The van der Waals surface area contributed by atoms with Gasteiger partial charge in [-0.1, -0.05) is 18.2 Å². The normalized spacial score (nSPS) is 24.2. The van der Waals surface area contributed by atoms with Gasteiger partial charge in [0.2, 0.25) is 0 Å². The van der Waals surface area contributed by atoms with E-state index >= 15 is 0 Å². The van der Waals surface area contributed by atoms with Crippen molar-refractivity contribution < 1.29 is 20.4 Å². The molecular formula is C12H12O4. The first-order chi connectivity index (χ1) is 7.58. The van der Waals surface area contributed by atoms with Gasteiger partial charge in [0.05, 0.1) is 0 Å². The second kappa shape index (κ2) is 4.00. The Hall–Kier alpha value is -1.78. The molecule has 0 aliphatic heterocycles. The molecule has 0 radical (unpaired) electrons. The highest BCUT2D eigenvalue weighted by Gasteiger charge is 2.16. The zero-order valence-electron chi connectivity index (χ0n) is 8.41. The molecule has 4 N–H and O–H groups in total. The van der Waals surface area contributed by atoms with Crippen molar-refractivity contribution in [1.82, 2.24) is 0 Å². The summed E-state index contributed by atoms with van der Waals surface area (Å²) in [5, 5.41) is 37.2. The first-order valence-electron chi connectivity index (χ1n) is 4.86. The lowest BCUT2D eigenvalue weighted by Crippen LogP contribution is -2.23. The van der Waals surface area contributed by atoms with Gasteiger partial charge < -0.3 is 20.4 Å². The van der Waals surface area contributed by atoms with Crippen LogP contribution in [0.25, 0.3) is 5.57 Å². The topological polar surface area (TPSA) is 80.9 Å². The van der Waals surface area contributed by atoms with Gasteiger partial charge in [-0.05, 0) is 29.3 Å². The molecule has 2 unspecified atom stereocenters. The van der Waals surface area contributed by atoms with Gasteiger partial charge in [0.1, 0.15) is 12.2 Å². The number of hydrogen-bond donors (Lipinski definition) is 4. The van der Waals surface area contributed by atoms with Crippen LogP contribution in [0.15, 0.2) is 36.4 Å². The molecular weight excluding hydrogens is 208 g/mol. The largest absolute Gasteiger partial charge is 0.504 e. The van der Waals surface area contributed by atoms with Crippen molar-refractivity contribution in [2.75, 3.05) is 0 Å². The third-order valence-electron chi connectivity index (χ3n) is 2.48. The van der Waals surface area contributed by atoms with Crippen LogP contribution in [-0.4, -0.2) is 32.6 Å². The lowest BCUT2D eigenvalue weighted by atomic mass is 9.96. The fourth-order valence-corrected chi connectivity index (χ4v) is 1.55. The number of aliphatic hydroxyl groups excluding tert-OH is 2. The molecule has 0 fully saturated rings. The van der Waals surface area contributed by atoms with E-state index in [9.17, 15) is 15.3 Å². The molecule has 0 heterocycles. The summed E-state index contributed by atoms with van der Waals surface area (Å²) in [6.45, 7) is 0. The van der Waals surface area contributed by atoms with Crippen LogP contribution in [0.4, 0.5) is 0 Å². The summed E-state index contributed by atoms with van der Waals surface area (Å²) in [4.78, 5) is 0. The zero-order chi connectivity index (χ0) is 11.7. The number of aliphatic hydroxyl groups is 2. The Morgan fingerprint density at radius 2 is 1.69 bits per heavy atom. The van der Waals surface area contributed by atoms with Crippen LogP contribution in [0.1, 0.15) is 5.56 Å². The number of benzene rings is 1. The number of hydrogen-bond acceptors (Lipinski definition) is 4. The zero-order valence-corrected chi connectivity index (χ0v) is 8.41. The molecule has 2 rings (SSSR count). The van der Waals surface area contributed by atoms with Gasteiger partial charge in [-0.3, -0.25) is 0 Å². The molecule has 0 spiro atoms. The molecule has 1 aliphatic rings. The Bertz CT molecular complexity index is 462. The van der Waals surface area contributed by atoms with Gasteiger partial charge in [0, 0.05) is 0 Å². The van der Waals surface area contributed by atoms with Crippen molar-refractivity contribution in [3.63, 3.8) is 0 Å². The van der Waals surface area contributed by atoms with E-state index < -0.39 is 12.2 Å². The van der Waals surface area contributed by atoms with Crippen molar-refractivity contribution >= 4 is 5.57 Å². The Labute approximate surface area is 92.4 Å². The smallest absolute Gasteiger partial charge is 0.158 e. The Kier molecular flexibility index (Phi) is 2.68. The minimum Gasteiger partial charge on any atom is -0.504 e. The predicted octanol–water partition coefficient (Wildman–Crippen LogP) is 0.773. The van der Waals surface area contributed by atoms with Crippen molar-refractivity contribution in [1.29, 1.82) is 0 Å². The SMILES string of the molecule is Oc1ccc(C2=CC(O)C(O)C=C2)cc1O. The van der Waals surface area contributed by atoms with Gasteiger partial charge in [0.25, 0.3) is 0 Å². The second-order valence-electron chi connectivity index (χ2n) is 3.67. The maximum absolute atomic E-state index is 9.44. The first kappa shape index (κ1) is 10.7. The van der Waals surface area contributed by atoms with Crippen molar-refractivity contribution in [3.8, 4) is 11.5 Å². The molecule has 4 heteroatoms. The average molecular weight is 220 g/mol. The monoisotopic (exact) mass is 220 g/mol. The molecule has 16 heavy (non-hydrogen) atoms. The highest BCUT2D eigenvalue weighted by Crippen LogP contribution is 2.30. The van der Waals surface area contributed by atoms with Gasteiger partial charge in [-0.2, -0.15) is 0 Å². The number of phenolic OH excluding ortho intramolecular Hbond substituents is 2. The summed E-state index contributed by atoms with van der Waals surface area (Å²) in [6, 6.07) is 4.39. The molecule has 0 saturated heterocycles. The highest BCUT2D eigenvalue weighted by atomic mass is 16.3. The van der Waals surface area contributed by atoms with Gasteiger partial charge in [-0.15, -0.1) is 0 Å². The Morgan fingerprint density at radius 1 is 0.938 bits per heavy atom. The Morgan fingerprint density at radius 3 is 2.31 bits per heavy atom. The molecule has 1 aromatic rings. The average Bonchev–Trinajstić information content (AvgIpc) is 2.26. The summed E-state index contributed by atoms with van der Waals surface area (Å²) in [7, 11) is 0. The number of phenols is 2. The fraction of sp³-hybridized carbons (Fsp3) is 0.167. The molecule has 1 aliphatic carbocycles. The van der Waals surface area contributed by atoms with Crippen LogP contribution in [0.2, 0.25) is 0 Å². The maximum atomic E-state index is 9.44. The van der Waals surface area contributed by atoms with E-state index in [1.807, 2.05) is 0 Å². The summed E-state index contributed by atoms with van der Waals surface area (Å²) in [5.41, 5.74) is 1.35. The Balaban J connectivity index is 2.35. The summed E-state index contributed by atoms with van der Waals surface area (Å²) in [6.07, 6.45) is 2.79. The van der Waals surface area contributed by atoms with E-state index in [2.05, 4.69) is 0 Å². The van der Waals surface area contributed by atoms with Crippen LogP contribution in [0.5, 0.6) is 11.5 Å². The highest BCUT2D eigenvalue weighted by molar-refractivity contribution is 5.77. The van der Waals surface area contributed by atoms with E-state index in [-0.39, 0.29) is 11.5 Å². The molecule has 0 amide bonds. The number of rotatable bonds is 1. The molecule has 1 aromatic carbocycles. The van der Waals surface area contributed by atoms with E-state index in [0.29, 0.717) is 11.1 Å². The van der Waals surface area contributed by atoms with E-state index in [4.69, 9.17) is 5.11 Å². The number of aromatic hydroxyl groups is 2. The molecule has 4 nitrogen and oxygen atoms in total. The third kappa shape index (κ3) is 1.93. The fourth-order valence-electron chi connectivity index (χ4n) is 1.55. The molecule has 0 aromatic heterocycles. The van der Waals surface area contributed by atoms with Crippen LogP contribution in [0, 0.1) is 0 Å². The maximum Gasteiger partial charge on any atom is 0.158 e. The molecule has 2 atom stereocenters. The molecule has 0 saturated carbocycles. The van der Waals surface area contributed by atoms with Crippen molar-refractivity contribution in [2.45, 2.75) is 12.2 Å². The van der Waals surface area contributed by atoms with Gasteiger partial charge in [-0.25, -0.2) is 0 Å². The van der Waals surface area contributed by atoms with Crippen LogP contribution in [-0.2, 0) is 0 Å². The minimum atomic E-state index is -0.948. The second-order valence-corrected chi connectivity index (χ2v) is 3.67. The van der Waals surface area contributed by atoms with E-state index in [1.165, 1.54) is 24.3 Å². The van der Waals surface area contributed by atoms with E-state index in [0.717, 1.165) is 0 Å². The lowest BCUT2D eigenvalue weighted by molar-refractivity contribution is 0.0799. The quantitative estimate of drug-likeness (QED) is 0.527. The van der Waals surface area contributed by atoms with Crippen molar-refractivity contribution in [2.24, 2.45) is 0 Å². The third-order valence-corrected chi connectivity index (χ3v) is 2.48. The minimum absolute atomic E-state index is 0.190. The summed E-state index contributed by atoms with van der Waals surface area (Å²) >= 11 is 0. The van der Waals surface area contributed by atoms with E-state index in [1.54, 1.807) is 12.1 Å². The molecule has 0 bridgehead atoms. The van der Waals surface area contributed by atoms with Crippen LogP contribution < -0.4 is 0 Å². The molecule has 84 valence electrons. The summed E-state index contributed by atoms with van der Waals surface area (Å²) < 4.78 is 0. The number of allylic oxidation sites excluding steroid dienone is 2. The van der Waals surface area contributed by atoms with Crippen LogP contribution >= 0.6 is 0 Å². The summed E-state index contributed by atoms with van der Waals surface area (Å²) in [5.74, 6) is -0.405. The van der Waals surface area contributed by atoms with Crippen LogP contribution in [0.3, 0.4) is 0 Å². The standard InChI is InChI=1S/C12H12O4/c13-9-3-1-7(5-11(9)15)8-2-4-10(14)12(16)6-8/h1-6,9,11,13-16H. The first-order valence-corrected chi connectivity index (χ1v) is 4.86. The van der Waals surface area contributed by atoms with Crippen molar-refractivity contribution in [3.05, 3.63) is 42.0 Å². The lowest BCUT2D eigenvalue weighted by Gasteiger charge is -2.17.